The Morgan fingerprint density at radius 3 is 2.85 bits per heavy atom. The average molecular weight is 362 g/mol. The minimum absolute atomic E-state index is 0.294. The Kier molecular flexibility index (Phi) is 3.36. The number of pyridine rings is 1. The SMILES string of the molecule is Fc1cccc(Nc2nc3cc(-c4nn[nH]n4)ccc3c3ccsc23)c1. The molecule has 0 spiro atoms. The van der Waals surface area contributed by atoms with E-state index in [9.17, 15) is 4.39 Å². The standard InChI is InChI=1S/C18H11FN6S/c19-11-2-1-3-12(9-11)20-18-16-14(6-7-26-16)13-5-4-10(8-15(13)21-18)17-22-24-25-23-17/h1-9H,(H,20,21)(H,22,23,24,25). The van der Waals surface area contributed by atoms with E-state index in [1.807, 2.05) is 29.6 Å². The minimum atomic E-state index is -0.294. The highest BCUT2D eigenvalue weighted by atomic mass is 32.1. The summed E-state index contributed by atoms with van der Waals surface area (Å²) in [6, 6.07) is 14.3. The predicted octanol–water partition coefficient (Wildman–Crippen LogP) is 4.51. The Hall–Kier alpha value is -3.39. The second-order valence-electron chi connectivity index (χ2n) is 5.73. The van der Waals surface area contributed by atoms with Gasteiger partial charge in [-0.3, -0.25) is 0 Å². The molecule has 126 valence electrons. The lowest BCUT2D eigenvalue weighted by Gasteiger charge is -2.10. The first-order chi connectivity index (χ1) is 12.8. The number of rotatable bonds is 3. The summed E-state index contributed by atoms with van der Waals surface area (Å²) in [5, 5.41) is 21.5. The Balaban J connectivity index is 1.69. The van der Waals surface area contributed by atoms with Crippen LogP contribution < -0.4 is 5.32 Å². The first-order valence-corrected chi connectivity index (χ1v) is 8.73. The van der Waals surface area contributed by atoms with E-state index < -0.39 is 0 Å². The summed E-state index contributed by atoms with van der Waals surface area (Å²) in [5.74, 6) is 0.912. The maximum Gasteiger partial charge on any atom is 0.204 e. The van der Waals surface area contributed by atoms with Crippen molar-refractivity contribution in [3.05, 3.63) is 59.7 Å². The first kappa shape index (κ1) is 14.9. The van der Waals surface area contributed by atoms with Crippen LogP contribution in [0.4, 0.5) is 15.9 Å². The van der Waals surface area contributed by atoms with Gasteiger partial charge in [0.05, 0.1) is 10.2 Å². The molecule has 2 aromatic carbocycles. The fraction of sp³-hybridized carbons (Fsp3) is 0. The molecule has 0 aliphatic heterocycles. The van der Waals surface area contributed by atoms with Gasteiger partial charge in [0, 0.05) is 22.0 Å². The van der Waals surface area contributed by atoms with Crippen LogP contribution in [-0.2, 0) is 0 Å². The van der Waals surface area contributed by atoms with Gasteiger partial charge in [-0.1, -0.05) is 18.2 Å². The van der Waals surface area contributed by atoms with Crippen LogP contribution in [-0.4, -0.2) is 25.6 Å². The van der Waals surface area contributed by atoms with Crippen LogP contribution in [0.5, 0.6) is 0 Å². The molecule has 0 radical (unpaired) electrons. The molecule has 6 nitrogen and oxygen atoms in total. The van der Waals surface area contributed by atoms with E-state index in [1.54, 1.807) is 17.4 Å². The highest BCUT2D eigenvalue weighted by Gasteiger charge is 2.12. The molecule has 3 heterocycles. The van der Waals surface area contributed by atoms with E-state index in [1.165, 1.54) is 12.1 Å². The van der Waals surface area contributed by atoms with Crippen molar-refractivity contribution in [3.8, 4) is 11.4 Å². The van der Waals surface area contributed by atoms with Crippen LogP contribution in [0.3, 0.4) is 0 Å². The molecule has 8 heteroatoms. The summed E-state index contributed by atoms with van der Waals surface area (Å²) < 4.78 is 14.5. The zero-order chi connectivity index (χ0) is 17.5. The average Bonchev–Trinajstić information content (AvgIpc) is 3.33. The fourth-order valence-corrected chi connectivity index (χ4v) is 3.79. The lowest BCUT2D eigenvalue weighted by molar-refractivity contribution is 0.628. The van der Waals surface area contributed by atoms with E-state index in [0.717, 1.165) is 26.6 Å². The number of hydrogen-bond donors (Lipinski definition) is 2. The minimum Gasteiger partial charge on any atom is -0.339 e. The monoisotopic (exact) mass is 362 g/mol. The Morgan fingerprint density at radius 1 is 1.04 bits per heavy atom. The topological polar surface area (TPSA) is 79.4 Å². The van der Waals surface area contributed by atoms with Crippen molar-refractivity contribution < 1.29 is 4.39 Å². The fourth-order valence-electron chi connectivity index (χ4n) is 2.94. The van der Waals surface area contributed by atoms with Gasteiger partial charge in [-0.15, -0.1) is 21.5 Å². The summed E-state index contributed by atoms with van der Waals surface area (Å²) in [7, 11) is 0. The van der Waals surface area contributed by atoms with Crippen molar-refractivity contribution in [3.63, 3.8) is 0 Å². The second-order valence-corrected chi connectivity index (χ2v) is 6.64. The molecule has 5 rings (SSSR count). The van der Waals surface area contributed by atoms with Crippen molar-refractivity contribution in [1.29, 1.82) is 0 Å². The van der Waals surface area contributed by atoms with Gasteiger partial charge in [-0.05, 0) is 40.9 Å². The summed E-state index contributed by atoms with van der Waals surface area (Å²) in [5.41, 5.74) is 2.28. The van der Waals surface area contributed by atoms with Crippen LogP contribution in [0.1, 0.15) is 0 Å². The second kappa shape index (κ2) is 5.85. The van der Waals surface area contributed by atoms with Gasteiger partial charge in [0.1, 0.15) is 11.6 Å². The Labute approximate surface area is 150 Å². The molecule has 2 N–H and O–H groups in total. The van der Waals surface area contributed by atoms with Crippen LogP contribution in [0, 0.1) is 5.82 Å². The number of hydrogen-bond acceptors (Lipinski definition) is 6. The molecule has 0 fully saturated rings. The molecule has 5 aromatic rings. The quantitative estimate of drug-likeness (QED) is 0.493. The maximum absolute atomic E-state index is 13.5. The molecule has 0 amide bonds. The number of aromatic amines is 1. The normalized spacial score (nSPS) is 11.3. The maximum atomic E-state index is 13.5. The first-order valence-electron chi connectivity index (χ1n) is 7.85. The lowest BCUT2D eigenvalue weighted by Crippen LogP contribution is -1.95. The zero-order valence-electron chi connectivity index (χ0n) is 13.3. The van der Waals surface area contributed by atoms with Crippen molar-refractivity contribution >= 4 is 43.8 Å². The highest BCUT2D eigenvalue weighted by Crippen LogP contribution is 2.35. The van der Waals surface area contributed by atoms with Gasteiger partial charge in [0.25, 0.3) is 0 Å². The van der Waals surface area contributed by atoms with E-state index >= 15 is 0 Å². The largest absolute Gasteiger partial charge is 0.339 e. The molecule has 0 aliphatic carbocycles. The molecule has 0 bridgehead atoms. The molecule has 3 aromatic heterocycles. The predicted molar refractivity (Wildman–Crippen MR) is 100.0 cm³/mol. The van der Waals surface area contributed by atoms with E-state index in [-0.39, 0.29) is 5.82 Å². The summed E-state index contributed by atoms with van der Waals surface area (Å²) in [6.07, 6.45) is 0. The van der Waals surface area contributed by atoms with Crippen molar-refractivity contribution in [2.45, 2.75) is 0 Å². The number of H-pyrrole nitrogens is 1. The van der Waals surface area contributed by atoms with Crippen LogP contribution in [0.25, 0.3) is 32.4 Å². The Bertz CT molecular complexity index is 1230. The van der Waals surface area contributed by atoms with Gasteiger partial charge >= 0.3 is 0 Å². The van der Waals surface area contributed by atoms with Gasteiger partial charge < -0.3 is 5.32 Å². The van der Waals surface area contributed by atoms with E-state index in [0.29, 0.717) is 17.3 Å². The number of anilines is 2. The molecule has 0 unspecified atom stereocenters. The van der Waals surface area contributed by atoms with Crippen molar-refractivity contribution in [2.75, 3.05) is 5.32 Å². The molecule has 26 heavy (non-hydrogen) atoms. The number of nitrogens with one attached hydrogen (secondary N) is 2. The third kappa shape index (κ3) is 2.47. The third-order valence-corrected chi connectivity index (χ3v) is 5.01. The van der Waals surface area contributed by atoms with Crippen LogP contribution >= 0.6 is 11.3 Å². The number of aromatic nitrogens is 5. The zero-order valence-corrected chi connectivity index (χ0v) is 14.1. The van der Waals surface area contributed by atoms with Crippen molar-refractivity contribution in [1.82, 2.24) is 25.6 Å². The molecular formula is C18H11FN6S. The highest BCUT2D eigenvalue weighted by molar-refractivity contribution is 7.18. The Morgan fingerprint density at radius 2 is 2.00 bits per heavy atom. The van der Waals surface area contributed by atoms with E-state index in [4.69, 9.17) is 4.98 Å². The van der Waals surface area contributed by atoms with Gasteiger partial charge in [0.2, 0.25) is 5.82 Å². The lowest BCUT2D eigenvalue weighted by atomic mass is 10.1. The number of thiophene rings is 1. The van der Waals surface area contributed by atoms with E-state index in [2.05, 4.69) is 32.0 Å². The number of benzene rings is 2. The summed E-state index contributed by atoms with van der Waals surface area (Å²) >= 11 is 1.60. The number of fused-ring (bicyclic) bond motifs is 3. The van der Waals surface area contributed by atoms with Gasteiger partial charge in [-0.25, -0.2) is 9.37 Å². The number of halogens is 1. The molecule has 0 saturated carbocycles. The molecule has 0 atom stereocenters. The van der Waals surface area contributed by atoms with Crippen molar-refractivity contribution in [2.24, 2.45) is 0 Å². The molecule has 0 aliphatic rings. The molecule has 0 saturated heterocycles. The number of nitrogens with zero attached hydrogens (tertiary/aromatic N) is 4. The summed E-state index contributed by atoms with van der Waals surface area (Å²) in [6.45, 7) is 0. The molecular weight excluding hydrogens is 351 g/mol. The summed E-state index contributed by atoms with van der Waals surface area (Å²) in [4.78, 5) is 4.76. The van der Waals surface area contributed by atoms with Crippen LogP contribution in [0.2, 0.25) is 0 Å². The van der Waals surface area contributed by atoms with Gasteiger partial charge in [-0.2, -0.15) is 5.21 Å². The van der Waals surface area contributed by atoms with Gasteiger partial charge in [0.15, 0.2) is 0 Å². The third-order valence-electron chi connectivity index (χ3n) is 4.09. The number of tetrazole rings is 1. The smallest absolute Gasteiger partial charge is 0.204 e. The van der Waals surface area contributed by atoms with Crippen LogP contribution in [0.15, 0.2) is 53.9 Å².